The highest BCUT2D eigenvalue weighted by atomic mass is 32.2. The van der Waals surface area contributed by atoms with Crippen molar-refractivity contribution in [2.24, 2.45) is 0 Å². The Morgan fingerprint density at radius 1 is 1.24 bits per heavy atom. The molecule has 0 aliphatic carbocycles. The number of benzene rings is 2. The number of hydrogen-bond acceptors (Lipinski definition) is 5. The highest BCUT2D eigenvalue weighted by molar-refractivity contribution is 7.99. The first-order valence-corrected chi connectivity index (χ1v) is 10.9. The first-order chi connectivity index (χ1) is 14.0. The molecular formula is C22H27N3O3S. The van der Waals surface area contributed by atoms with Gasteiger partial charge >= 0.3 is 0 Å². The predicted molar refractivity (Wildman–Crippen MR) is 116 cm³/mol. The zero-order valence-corrected chi connectivity index (χ0v) is 17.7. The van der Waals surface area contributed by atoms with Crippen LogP contribution in [0.15, 0.2) is 52.3 Å². The Hall–Kier alpha value is -2.38. The van der Waals surface area contributed by atoms with Crippen molar-refractivity contribution in [2.75, 3.05) is 19.6 Å². The molecule has 0 radical (unpaired) electrons. The summed E-state index contributed by atoms with van der Waals surface area (Å²) in [6, 6.07) is 13.0. The number of nitrogens with zero attached hydrogens (tertiary/aromatic N) is 2. The molecule has 1 unspecified atom stereocenters. The van der Waals surface area contributed by atoms with Crippen LogP contribution < -0.4 is 5.32 Å². The lowest BCUT2D eigenvalue weighted by molar-refractivity contribution is -0.387. The van der Waals surface area contributed by atoms with Gasteiger partial charge in [0.15, 0.2) is 0 Å². The molecule has 1 N–H and O–H groups in total. The minimum Gasteiger partial charge on any atom is -0.350 e. The monoisotopic (exact) mass is 413 g/mol. The predicted octanol–water partition coefficient (Wildman–Crippen LogP) is 4.52. The number of likely N-dealkylation sites (N-methyl/N-ethyl adjacent to an activating group) is 1. The summed E-state index contributed by atoms with van der Waals surface area (Å²) in [7, 11) is 0. The minimum atomic E-state index is -0.421. The van der Waals surface area contributed by atoms with Crippen LogP contribution in [0.2, 0.25) is 0 Å². The molecule has 0 aromatic heterocycles. The Bertz CT molecular complexity index is 870. The van der Waals surface area contributed by atoms with Gasteiger partial charge in [-0.05, 0) is 62.2 Å². The molecule has 1 aliphatic rings. The molecule has 1 heterocycles. The summed E-state index contributed by atoms with van der Waals surface area (Å²) in [5.41, 5.74) is 1.50. The average Bonchev–Trinajstić information content (AvgIpc) is 3.20. The minimum absolute atomic E-state index is 0.0433. The molecule has 7 heteroatoms. The van der Waals surface area contributed by atoms with Crippen LogP contribution in [0.5, 0.6) is 0 Å². The van der Waals surface area contributed by atoms with Gasteiger partial charge in [-0.1, -0.05) is 37.7 Å². The molecule has 2 aromatic carbocycles. The number of amides is 1. The largest absolute Gasteiger partial charge is 0.350 e. The zero-order chi connectivity index (χ0) is 20.8. The normalized spacial score (nSPS) is 16.7. The smallest absolute Gasteiger partial charge is 0.284 e. The van der Waals surface area contributed by atoms with E-state index in [0.717, 1.165) is 37.2 Å². The fourth-order valence-corrected chi connectivity index (χ4v) is 4.56. The number of nitro groups is 1. The molecule has 154 valence electrons. The van der Waals surface area contributed by atoms with Crippen molar-refractivity contribution >= 4 is 23.4 Å². The van der Waals surface area contributed by atoms with Gasteiger partial charge in [0.05, 0.1) is 9.82 Å². The summed E-state index contributed by atoms with van der Waals surface area (Å²) in [5.74, 6) is -0.264. The van der Waals surface area contributed by atoms with E-state index >= 15 is 0 Å². The maximum atomic E-state index is 12.6. The number of nitro benzene ring substituents is 1. The van der Waals surface area contributed by atoms with Gasteiger partial charge in [-0.15, -0.1) is 0 Å². The van der Waals surface area contributed by atoms with Crippen LogP contribution in [0.3, 0.4) is 0 Å². The lowest BCUT2D eigenvalue weighted by Crippen LogP contribution is -2.40. The van der Waals surface area contributed by atoms with Crippen molar-refractivity contribution in [1.82, 2.24) is 10.2 Å². The van der Waals surface area contributed by atoms with Gasteiger partial charge in [0.25, 0.3) is 11.6 Å². The number of carbonyl (C=O) groups excluding carboxylic acids is 1. The second-order valence-electron chi connectivity index (χ2n) is 7.17. The third-order valence-electron chi connectivity index (χ3n) is 5.38. The molecule has 3 rings (SSSR count). The van der Waals surface area contributed by atoms with E-state index in [9.17, 15) is 14.9 Å². The molecule has 1 aliphatic heterocycles. The van der Waals surface area contributed by atoms with Gasteiger partial charge < -0.3 is 5.32 Å². The van der Waals surface area contributed by atoms with E-state index in [0.29, 0.717) is 23.0 Å². The van der Waals surface area contributed by atoms with Crippen LogP contribution in [-0.4, -0.2) is 41.4 Å². The summed E-state index contributed by atoms with van der Waals surface area (Å²) in [6.07, 6.45) is 3.16. The molecule has 0 saturated carbocycles. The molecule has 29 heavy (non-hydrogen) atoms. The number of rotatable bonds is 8. The lowest BCUT2D eigenvalue weighted by Gasteiger charge is -2.22. The van der Waals surface area contributed by atoms with Gasteiger partial charge in [0, 0.05) is 29.1 Å². The van der Waals surface area contributed by atoms with Crippen molar-refractivity contribution in [1.29, 1.82) is 0 Å². The van der Waals surface area contributed by atoms with E-state index in [1.54, 1.807) is 12.1 Å². The van der Waals surface area contributed by atoms with Crippen LogP contribution in [0, 0.1) is 10.1 Å². The Labute approximate surface area is 175 Å². The SMILES string of the molecule is CCc1ccc(Sc2ccc(C(=O)NCC3CCCN3CC)cc2[N+](=O)[O-])cc1. The molecule has 6 nitrogen and oxygen atoms in total. The third kappa shape index (κ3) is 5.36. The Balaban J connectivity index is 1.71. The first kappa shape index (κ1) is 21.3. The van der Waals surface area contributed by atoms with Crippen LogP contribution in [0.4, 0.5) is 5.69 Å². The van der Waals surface area contributed by atoms with Crippen LogP contribution in [0.25, 0.3) is 0 Å². The second kappa shape index (κ2) is 9.89. The van der Waals surface area contributed by atoms with Crippen molar-refractivity contribution in [3.63, 3.8) is 0 Å². The number of aryl methyl sites for hydroxylation is 1. The molecule has 1 saturated heterocycles. The lowest BCUT2D eigenvalue weighted by atomic mass is 10.1. The Kier molecular flexibility index (Phi) is 7.28. The van der Waals surface area contributed by atoms with Crippen LogP contribution in [-0.2, 0) is 6.42 Å². The Morgan fingerprint density at radius 2 is 2.00 bits per heavy atom. The topological polar surface area (TPSA) is 75.5 Å². The molecule has 2 aromatic rings. The Morgan fingerprint density at radius 3 is 2.66 bits per heavy atom. The summed E-state index contributed by atoms with van der Waals surface area (Å²) >= 11 is 1.34. The van der Waals surface area contributed by atoms with Gasteiger partial charge in [-0.3, -0.25) is 19.8 Å². The van der Waals surface area contributed by atoms with E-state index in [4.69, 9.17) is 0 Å². The highest BCUT2D eigenvalue weighted by Gasteiger charge is 2.24. The first-order valence-electron chi connectivity index (χ1n) is 10.1. The fourth-order valence-electron chi connectivity index (χ4n) is 3.66. The summed E-state index contributed by atoms with van der Waals surface area (Å²) in [5, 5.41) is 14.5. The van der Waals surface area contributed by atoms with Crippen LogP contribution >= 0.6 is 11.8 Å². The van der Waals surface area contributed by atoms with Crippen molar-refractivity contribution < 1.29 is 9.72 Å². The number of carbonyl (C=O) groups is 1. The van der Waals surface area contributed by atoms with Gasteiger partial charge in [0.1, 0.15) is 0 Å². The van der Waals surface area contributed by atoms with E-state index < -0.39 is 4.92 Å². The molecule has 1 amide bonds. The summed E-state index contributed by atoms with van der Waals surface area (Å²) in [4.78, 5) is 27.5. The average molecular weight is 414 g/mol. The van der Waals surface area contributed by atoms with Crippen molar-refractivity contribution in [2.45, 2.75) is 48.9 Å². The molecule has 1 atom stereocenters. The summed E-state index contributed by atoms with van der Waals surface area (Å²) < 4.78 is 0. The van der Waals surface area contributed by atoms with Crippen LogP contribution in [0.1, 0.15) is 42.6 Å². The highest BCUT2D eigenvalue weighted by Crippen LogP contribution is 2.35. The maximum absolute atomic E-state index is 12.6. The number of nitrogens with one attached hydrogen (secondary N) is 1. The second-order valence-corrected chi connectivity index (χ2v) is 8.29. The fraction of sp³-hybridized carbons (Fsp3) is 0.409. The standard InChI is InChI=1S/C22H27N3O3S/c1-3-16-7-10-19(11-8-16)29-21-12-9-17(14-20(21)25(27)28)22(26)23-15-18-6-5-13-24(18)4-2/h7-12,14,18H,3-6,13,15H2,1-2H3,(H,23,26). The number of hydrogen-bond donors (Lipinski definition) is 1. The van der Waals surface area contributed by atoms with E-state index in [-0.39, 0.29) is 11.6 Å². The molecular weight excluding hydrogens is 386 g/mol. The van der Waals surface area contributed by atoms with Gasteiger partial charge in [0.2, 0.25) is 0 Å². The van der Waals surface area contributed by atoms with E-state index in [1.165, 1.54) is 23.4 Å². The molecule has 0 bridgehead atoms. The van der Waals surface area contributed by atoms with Gasteiger partial charge in [-0.2, -0.15) is 0 Å². The van der Waals surface area contributed by atoms with Crippen molar-refractivity contribution in [3.8, 4) is 0 Å². The molecule has 0 spiro atoms. The summed E-state index contributed by atoms with van der Waals surface area (Å²) in [6.45, 7) is 6.81. The third-order valence-corrected chi connectivity index (χ3v) is 6.45. The maximum Gasteiger partial charge on any atom is 0.284 e. The van der Waals surface area contributed by atoms with Crippen molar-refractivity contribution in [3.05, 3.63) is 63.7 Å². The van der Waals surface area contributed by atoms with E-state index in [2.05, 4.69) is 24.1 Å². The van der Waals surface area contributed by atoms with E-state index in [1.807, 2.05) is 24.3 Å². The molecule has 1 fully saturated rings. The quantitative estimate of drug-likeness (QED) is 0.509. The zero-order valence-electron chi connectivity index (χ0n) is 16.9. The number of likely N-dealkylation sites (tertiary alicyclic amines) is 1. The van der Waals surface area contributed by atoms with Gasteiger partial charge in [-0.25, -0.2) is 0 Å².